The SMILES string of the molecule is CC(C)C(C)C(=O)Oc1ccc(Cl)cc1Cl. The molecule has 88 valence electrons. The summed E-state index contributed by atoms with van der Waals surface area (Å²) in [5.74, 6) is 0.146. The van der Waals surface area contributed by atoms with Crippen molar-refractivity contribution >= 4 is 29.2 Å². The predicted molar refractivity (Wildman–Crippen MR) is 66.1 cm³/mol. The third-order valence-corrected chi connectivity index (χ3v) is 3.01. The van der Waals surface area contributed by atoms with Crippen LogP contribution in [0.1, 0.15) is 20.8 Å². The molecule has 0 bridgehead atoms. The van der Waals surface area contributed by atoms with Crippen LogP contribution in [-0.2, 0) is 4.79 Å². The Morgan fingerprint density at radius 1 is 1.25 bits per heavy atom. The second kappa shape index (κ2) is 5.55. The number of halogens is 2. The summed E-state index contributed by atoms with van der Waals surface area (Å²) in [5, 5.41) is 0.860. The third-order valence-electron chi connectivity index (χ3n) is 2.48. The van der Waals surface area contributed by atoms with Crippen LogP contribution in [-0.4, -0.2) is 5.97 Å². The Hall–Kier alpha value is -0.730. The molecule has 0 saturated heterocycles. The topological polar surface area (TPSA) is 26.3 Å². The minimum atomic E-state index is -0.278. The maximum atomic E-state index is 11.7. The highest BCUT2D eigenvalue weighted by atomic mass is 35.5. The normalized spacial score (nSPS) is 12.6. The number of rotatable bonds is 3. The van der Waals surface area contributed by atoms with Gasteiger partial charge < -0.3 is 4.74 Å². The van der Waals surface area contributed by atoms with Crippen molar-refractivity contribution in [1.29, 1.82) is 0 Å². The van der Waals surface area contributed by atoms with Gasteiger partial charge in [0.1, 0.15) is 5.75 Å². The van der Waals surface area contributed by atoms with E-state index in [2.05, 4.69) is 0 Å². The Bertz CT molecular complexity index is 389. The van der Waals surface area contributed by atoms with E-state index in [0.29, 0.717) is 15.8 Å². The molecule has 1 aromatic rings. The van der Waals surface area contributed by atoms with Gasteiger partial charge in [0.15, 0.2) is 0 Å². The largest absolute Gasteiger partial charge is 0.425 e. The lowest BCUT2D eigenvalue weighted by Crippen LogP contribution is -2.22. The summed E-state index contributed by atoms with van der Waals surface area (Å²) < 4.78 is 5.19. The lowest BCUT2D eigenvalue weighted by atomic mass is 9.99. The molecule has 2 nitrogen and oxygen atoms in total. The van der Waals surface area contributed by atoms with Crippen molar-refractivity contribution < 1.29 is 9.53 Å². The van der Waals surface area contributed by atoms with Crippen LogP contribution in [0.25, 0.3) is 0 Å². The van der Waals surface area contributed by atoms with Gasteiger partial charge in [0.05, 0.1) is 10.9 Å². The van der Waals surface area contributed by atoms with E-state index < -0.39 is 0 Å². The molecule has 0 amide bonds. The number of ether oxygens (including phenoxy) is 1. The fourth-order valence-electron chi connectivity index (χ4n) is 1.03. The summed E-state index contributed by atoms with van der Waals surface area (Å²) in [5.41, 5.74) is 0. The van der Waals surface area contributed by atoms with Crippen molar-refractivity contribution in [1.82, 2.24) is 0 Å². The van der Waals surface area contributed by atoms with E-state index in [1.165, 1.54) is 0 Å². The second-order valence-corrected chi connectivity index (χ2v) is 4.87. The molecule has 0 aliphatic rings. The maximum Gasteiger partial charge on any atom is 0.314 e. The zero-order valence-corrected chi connectivity index (χ0v) is 11.0. The van der Waals surface area contributed by atoms with Gasteiger partial charge in [-0.1, -0.05) is 44.0 Å². The number of carbonyl (C=O) groups excluding carboxylic acids is 1. The zero-order valence-electron chi connectivity index (χ0n) is 9.46. The average Bonchev–Trinajstić information content (AvgIpc) is 2.20. The van der Waals surface area contributed by atoms with Gasteiger partial charge in [0.25, 0.3) is 0 Å². The fourth-order valence-corrected chi connectivity index (χ4v) is 1.48. The molecule has 0 N–H and O–H groups in total. The molecule has 0 aliphatic heterocycles. The van der Waals surface area contributed by atoms with Gasteiger partial charge in [-0.15, -0.1) is 0 Å². The molecular formula is C12H14Cl2O2. The monoisotopic (exact) mass is 260 g/mol. The number of hydrogen-bond acceptors (Lipinski definition) is 2. The third kappa shape index (κ3) is 3.39. The van der Waals surface area contributed by atoms with Crippen LogP contribution in [0, 0.1) is 11.8 Å². The summed E-state index contributed by atoms with van der Waals surface area (Å²) in [7, 11) is 0. The quantitative estimate of drug-likeness (QED) is 0.602. The standard InChI is InChI=1S/C12H14Cl2O2/c1-7(2)8(3)12(15)16-11-5-4-9(13)6-10(11)14/h4-8H,1-3H3. The van der Waals surface area contributed by atoms with E-state index in [-0.39, 0.29) is 17.8 Å². The van der Waals surface area contributed by atoms with Gasteiger partial charge in [0.2, 0.25) is 0 Å². The van der Waals surface area contributed by atoms with Crippen molar-refractivity contribution in [3.8, 4) is 5.75 Å². The van der Waals surface area contributed by atoms with Crippen LogP contribution in [0.2, 0.25) is 10.0 Å². The summed E-state index contributed by atoms with van der Waals surface area (Å²) in [6.07, 6.45) is 0. The summed E-state index contributed by atoms with van der Waals surface area (Å²) in [4.78, 5) is 11.7. The molecule has 0 aromatic heterocycles. The van der Waals surface area contributed by atoms with E-state index in [0.717, 1.165) is 0 Å². The highest BCUT2D eigenvalue weighted by Crippen LogP contribution is 2.28. The molecule has 0 saturated carbocycles. The maximum absolute atomic E-state index is 11.7. The fraction of sp³-hybridized carbons (Fsp3) is 0.417. The van der Waals surface area contributed by atoms with E-state index in [9.17, 15) is 4.79 Å². The van der Waals surface area contributed by atoms with Crippen molar-refractivity contribution in [2.45, 2.75) is 20.8 Å². The van der Waals surface area contributed by atoms with Gasteiger partial charge in [0, 0.05) is 5.02 Å². The van der Waals surface area contributed by atoms with E-state index in [4.69, 9.17) is 27.9 Å². The van der Waals surface area contributed by atoms with Crippen LogP contribution in [0.4, 0.5) is 0 Å². The molecule has 0 spiro atoms. The molecule has 1 atom stereocenters. The predicted octanol–water partition coefficient (Wildman–Crippen LogP) is 4.19. The lowest BCUT2D eigenvalue weighted by molar-refractivity contribution is -0.139. The van der Waals surface area contributed by atoms with Gasteiger partial charge in [-0.25, -0.2) is 0 Å². The van der Waals surface area contributed by atoms with Crippen LogP contribution in [0.5, 0.6) is 5.75 Å². The minimum absolute atomic E-state index is 0.160. The lowest BCUT2D eigenvalue weighted by Gasteiger charge is -2.14. The molecule has 1 unspecified atom stereocenters. The number of esters is 1. The van der Waals surface area contributed by atoms with E-state index >= 15 is 0 Å². The Labute approximate surface area is 106 Å². The highest BCUT2D eigenvalue weighted by molar-refractivity contribution is 6.35. The van der Waals surface area contributed by atoms with Crippen LogP contribution in [0.3, 0.4) is 0 Å². The molecular weight excluding hydrogens is 247 g/mol. The van der Waals surface area contributed by atoms with Crippen LogP contribution < -0.4 is 4.74 Å². The summed E-state index contributed by atoms with van der Waals surface area (Å²) in [6.45, 7) is 5.77. The number of hydrogen-bond donors (Lipinski definition) is 0. The Kier molecular flexibility index (Phi) is 4.63. The van der Waals surface area contributed by atoms with E-state index in [1.54, 1.807) is 18.2 Å². The molecule has 16 heavy (non-hydrogen) atoms. The highest BCUT2D eigenvalue weighted by Gasteiger charge is 2.19. The van der Waals surface area contributed by atoms with E-state index in [1.807, 2.05) is 20.8 Å². The van der Waals surface area contributed by atoms with Crippen molar-refractivity contribution in [3.63, 3.8) is 0 Å². The summed E-state index contributed by atoms with van der Waals surface area (Å²) >= 11 is 11.6. The van der Waals surface area contributed by atoms with Crippen LogP contribution >= 0.6 is 23.2 Å². The molecule has 0 radical (unpaired) electrons. The number of benzene rings is 1. The van der Waals surface area contributed by atoms with Gasteiger partial charge in [-0.05, 0) is 24.1 Å². The molecule has 4 heteroatoms. The van der Waals surface area contributed by atoms with Gasteiger partial charge in [-0.3, -0.25) is 4.79 Å². The second-order valence-electron chi connectivity index (χ2n) is 4.03. The first kappa shape index (κ1) is 13.3. The Morgan fingerprint density at radius 3 is 2.38 bits per heavy atom. The first-order valence-electron chi connectivity index (χ1n) is 5.08. The Morgan fingerprint density at radius 2 is 1.88 bits per heavy atom. The summed E-state index contributed by atoms with van der Waals surface area (Å²) in [6, 6.07) is 4.78. The molecule has 1 rings (SSSR count). The smallest absolute Gasteiger partial charge is 0.314 e. The minimum Gasteiger partial charge on any atom is -0.425 e. The average molecular weight is 261 g/mol. The molecule has 0 heterocycles. The van der Waals surface area contributed by atoms with Gasteiger partial charge in [-0.2, -0.15) is 0 Å². The molecule has 0 aliphatic carbocycles. The Balaban J connectivity index is 2.77. The first-order valence-corrected chi connectivity index (χ1v) is 5.84. The van der Waals surface area contributed by atoms with Crippen molar-refractivity contribution in [3.05, 3.63) is 28.2 Å². The zero-order chi connectivity index (χ0) is 12.3. The van der Waals surface area contributed by atoms with Crippen molar-refractivity contribution in [2.75, 3.05) is 0 Å². The first-order chi connectivity index (χ1) is 7.41. The number of carbonyl (C=O) groups is 1. The van der Waals surface area contributed by atoms with Crippen molar-refractivity contribution in [2.24, 2.45) is 11.8 Å². The molecule has 1 aromatic carbocycles. The van der Waals surface area contributed by atoms with Crippen LogP contribution in [0.15, 0.2) is 18.2 Å². The van der Waals surface area contributed by atoms with Gasteiger partial charge >= 0.3 is 5.97 Å². The molecule has 0 fully saturated rings.